The van der Waals surface area contributed by atoms with Gasteiger partial charge in [0.15, 0.2) is 0 Å². The van der Waals surface area contributed by atoms with Gasteiger partial charge in [0.2, 0.25) is 11.7 Å². The average molecular weight is 452 g/mol. The minimum absolute atomic E-state index is 0.0682. The second-order valence-electron chi connectivity index (χ2n) is 8.11. The highest BCUT2D eigenvalue weighted by atomic mass is 35.5. The van der Waals surface area contributed by atoms with Crippen LogP contribution in [-0.2, 0) is 17.9 Å². The Morgan fingerprint density at radius 2 is 2.12 bits per heavy atom. The maximum absolute atomic E-state index is 12.8. The maximum atomic E-state index is 12.8. The predicted molar refractivity (Wildman–Crippen MR) is 119 cm³/mol. The van der Waals surface area contributed by atoms with E-state index >= 15 is 0 Å². The van der Waals surface area contributed by atoms with Crippen molar-refractivity contribution in [1.29, 1.82) is 0 Å². The van der Waals surface area contributed by atoms with E-state index in [-0.39, 0.29) is 11.8 Å². The molecule has 1 saturated heterocycles. The monoisotopic (exact) mass is 451 g/mol. The number of piperidine rings is 1. The molecule has 2 amide bonds. The largest absolute Gasteiger partial charge is 0.354 e. The van der Waals surface area contributed by atoms with Crippen LogP contribution >= 0.6 is 11.6 Å². The first-order valence-corrected chi connectivity index (χ1v) is 10.9. The van der Waals surface area contributed by atoms with Crippen molar-refractivity contribution in [2.75, 3.05) is 11.9 Å². The number of benzene rings is 2. The number of hydrogen-bond acceptors (Lipinski definition) is 6. The third-order valence-corrected chi connectivity index (χ3v) is 6.34. The number of amides is 2. The van der Waals surface area contributed by atoms with Gasteiger partial charge in [0.1, 0.15) is 6.04 Å². The average Bonchev–Trinajstić information content (AvgIpc) is 3.39. The van der Waals surface area contributed by atoms with Gasteiger partial charge in [0.25, 0.3) is 5.91 Å². The van der Waals surface area contributed by atoms with Gasteiger partial charge >= 0.3 is 6.01 Å². The molecule has 1 fully saturated rings. The Morgan fingerprint density at radius 3 is 2.94 bits per heavy atom. The summed E-state index contributed by atoms with van der Waals surface area (Å²) in [6.45, 7) is 3.51. The van der Waals surface area contributed by atoms with Gasteiger partial charge in [0, 0.05) is 35.8 Å². The van der Waals surface area contributed by atoms with E-state index in [4.69, 9.17) is 16.1 Å². The zero-order chi connectivity index (χ0) is 22.2. The summed E-state index contributed by atoms with van der Waals surface area (Å²) in [5.41, 5.74) is 4.32. The molecule has 0 spiro atoms. The van der Waals surface area contributed by atoms with E-state index in [0.29, 0.717) is 48.5 Å². The highest BCUT2D eigenvalue weighted by molar-refractivity contribution is 6.31. The van der Waals surface area contributed by atoms with Crippen LogP contribution in [0.3, 0.4) is 0 Å². The van der Waals surface area contributed by atoms with E-state index in [1.165, 1.54) is 0 Å². The van der Waals surface area contributed by atoms with Crippen molar-refractivity contribution in [3.05, 3.63) is 63.7 Å². The van der Waals surface area contributed by atoms with E-state index in [1.807, 2.05) is 37.3 Å². The Bertz CT molecular complexity index is 1210. The number of hydrogen-bond donors (Lipinski definition) is 2. The van der Waals surface area contributed by atoms with Gasteiger partial charge in [-0.2, -0.15) is 4.98 Å². The lowest BCUT2D eigenvalue weighted by Crippen LogP contribution is -2.50. The van der Waals surface area contributed by atoms with Gasteiger partial charge in [-0.25, -0.2) is 0 Å². The van der Waals surface area contributed by atoms with Crippen molar-refractivity contribution in [2.45, 2.75) is 38.9 Å². The van der Waals surface area contributed by atoms with Crippen molar-refractivity contribution in [2.24, 2.45) is 0 Å². The Balaban J connectivity index is 1.26. The fourth-order valence-corrected chi connectivity index (χ4v) is 4.31. The third-order valence-electron chi connectivity index (χ3n) is 5.93. The molecule has 1 unspecified atom stereocenters. The number of aryl methyl sites for hydroxylation is 1. The Labute approximate surface area is 189 Å². The molecule has 164 valence electrons. The molecule has 0 radical (unpaired) electrons. The number of carbonyl (C=O) groups excluding carboxylic acids is 2. The molecular formula is C23H22ClN5O3. The molecule has 2 aromatic carbocycles. The quantitative estimate of drug-likeness (QED) is 0.615. The zero-order valence-corrected chi connectivity index (χ0v) is 18.3. The van der Waals surface area contributed by atoms with Crippen LogP contribution in [0.25, 0.3) is 11.4 Å². The van der Waals surface area contributed by atoms with Gasteiger partial charge in [-0.1, -0.05) is 41.0 Å². The van der Waals surface area contributed by atoms with Crippen molar-refractivity contribution < 1.29 is 14.1 Å². The van der Waals surface area contributed by atoms with Crippen LogP contribution in [0.1, 0.15) is 39.9 Å². The number of carbonyl (C=O) groups is 2. The molecule has 5 rings (SSSR count). The molecule has 8 nitrogen and oxygen atoms in total. The lowest BCUT2D eigenvalue weighted by atomic mass is 10.1. The molecule has 1 atom stereocenters. The van der Waals surface area contributed by atoms with E-state index in [1.54, 1.807) is 11.0 Å². The van der Waals surface area contributed by atoms with E-state index in [2.05, 4.69) is 20.8 Å². The van der Waals surface area contributed by atoms with E-state index in [9.17, 15) is 9.59 Å². The van der Waals surface area contributed by atoms with Gasteiger partial charge in [-0.05, 0) is 48.6 Å². The minimum atomic E-state index is -0.391. The summed E-state index contributed by atoms with van der Waals surface area (Å²) in [4.78, 5) is 31.1. The highest BCUT2D eigenvalue weighted by Gasteiger charge is 2.37. The van der Waals surface area contributed by atoms with Crippen LogP contribution in [0.15, 0.2) is 40.9 Å². The van der Waals surface area contributed by atoms with Crippen LogP contribution in [0, 0.1) is 6.92 Å². The van der Waals surface area contributed by atoms with Crippen LogP contribution in [0.2, 0.25) is 5.02 Å². The first-order valence-electron chi connectivity index (χ1n) is 10.5. The van der Waals surface area contributed by atoms with Crippen molar-refractivity contribution in [3.63, 3.8) is 0 Å². The van der Waals surface area contributed by atoms with Gasteiger partial charge < -0.3 is 20.1 Å². The second kappa shape index (κ2) is 8.27. The van der Waals surface area contributed by atoms with Crippen LogP contribution in [0.4, 0.5) is 6.01 Å². The number of nitrogens with one attached hydrogen (secondary N) is 2. The fraction of sp³-hybridized carbons (Fsp3) is 0.304. The summed E-state index contributed by atoms with van der Waals surface area (Å²) >= 11 is 6.18. The summed E-state index contributed by atoms with van der Waals surface area (Å²) in [7, 11) is 0. The SMILES string of the molecule is Cc1ccc(-c2noc(NCc3ccc4c(c3)CN(C3CCCNC3=O)C4=O)n2)cc1Cl. The summed E-state index contributed by atoms with van der Waals surface area (Å²) in [6, 6.07) is 11.2. The summed E-state index contributed by atoms with van der Waals surface area (Å²) in [5, 5.41) is 10.6. The molecule has 1 aromatic heterocycles. The summed E-state index contributed by atoms with van der Waals surface area (Å²) < 4.78 is 5.31. The lowest BCUT2D eigenvalue weighted by molar-refractivity contribution is -0.127. The van der Waals surface area contributed by atoms with Crippen molar-refractivity contribution in [3.8, 4) is 11.4 Å². The van der Waals surface area contributed by atoms with E-state index in [0.717, 1.165) is 28.7 Å². The third kappa shape index (κ3) is 3.82. The molecule has 3 heterocycles. The molecular weight excluding hydrogens is 430 g/mol. The molecule has 2 aliphatic rings. The molecule has 2 N–H and O–H groups in total. The number of aromatic nitrogens is 2. The lowest BCUT2D eigenvalue weighted by Gasteiger charge is -2.30. The number of halogens is 1. The van der Waals surface area contributed by atoms with Crippen LogP contribution in [0.5, 0.6) is 0 Å². The predicted octanol–water partition coefficient (Wildman–Crippen LogP) is 3.54. The number of anilines is 1. The summed E-state index contributed by atoms with van der Waals surface area (Å²) in [5.74, 6) is 0.302. The first-order chi connectivity index (χ1) is 15.5. The zero-order valence-electron chi connectivity index (χ0n) is 17.5. The van der Waals surface area contributed by atoms with Crippen LogP contribution < -0.4 is 10.6 Å². The molecule has 0 bridgehead atoms. The minimum Gasteiger partial charge on any atom is -0.354 e. The summed E-state index contributed by atoms with van der Waals surface area (Å²) in [6.07, 6.45) is 1.58. The first kappa shape index (κ1) is 20.5. The fourth-order valence-electron chi connectivity index (χ4n) is 4.13. The maximum Gasteiger partial charge on any atom is 0.322 e. The number of rotatable bonds is 5. The van der Waals surface area contributed by atoms with Crippen LogP contribution in [-0.4, -0.2) is 39.4 Å². The molecule has 0 saturated carbocycles. The highest BCUT2D eigenvalue weighted by Crippen LogP contribution is 2.28. The molecule has 0 aliphatic carbocycles. The van der Waals surface area contributed by atoms with E-state index < -0.39 is 6.04 Å². The van der Waals surface area contributed by atoms with Gasteiger partial charge in [0.05, 0.1) is 0 Å². The Morgan fingerprint density at radius 1 is 1.25 bits per heavy atom. The normalized spacial score (nSPS) is 17.9. The van der Waals surface area contributed by atoms with Crippen molar-refractivity contribution >= 4 is 29.4 Å². The smallest absolute Gasteiger partial charge is 0.322 e. The number of nitrogens with zero attached hydrogens (tertiary/aromatic N) is 3. The number of fused-ring (bicyclic) bond motifs is 1. The molecule has 2 aliphatic heterocycles. The second-order valence-corrected chi connectivity index (χ2v) is 8.52. The Kier molecular flexibility index (Phi) is 5.30. The topological polar surface area (TPSA) is 100 Å². The molecule has 32 heavy (non-hydrogen) atoms. The molecule has 9 heteroatoms. The Hall–Kier alpha value is -3.39. The standard InChI is InChI=1S/C23H22ClN5O3/c1-13-4-6-15(10-18(13)24)20-27-23(32-28-20)26-11-14-5-7-17-16(9-14)12-29(22(17)31)19-3-2-8-25-21(19)30/h4-7,9-10,19H,2-3,8,11-12H2,1H3,(H,25,30)(H,26,27,28). The van der Waals surface area contributed by atoms with Gasteiger partial charge in [-0.3, -0.25) is 9.59 Å². The molecule has 3 aromatic rings. The van der Waals surface area contributed by atoms with Crippen molar-refractivity contribution in [1.82, 2.24) is 20.4 Å². The van der Waals surface area contributed by atoms with Gasteiger partial charge in [-0.15, -0.1) is 0 Å².